The van der Waals surface area contributed by atoms with E-state index in [9.17, 15) is 10.1 Å². The number of nitrogens with one attached hydrogen (secondary N) is 1. The largest absolute Gasteiger partial charge is 0.363 e. The van der Waals surface area contributed by atoms with Gasteiger partial charge in [0.15, 0.2) is 0 Å². The molecule has 0 aliphatic rings. The molecule has 0 spiro atoms. The highest BCUT2D eigenvalue weighted by Crippen LogP contribution is 2.27. The monoisotopic (exact) mass is 287 g/mol. The first-order valence-electron chi connectivity index (χ1n) is 6.21. The second-order valence-electron chi connectivity index (χ2n) is 3.98. The third-order valence-electron chi connectivity index (χ3n) is 2.67. The van der Waals surface area contributed by atoms with Gasteiger partial charge in [-0.05, 0) is 19.5 Å². The van der Waals surface area contributed by atoms with Crippen LogP contribution in [0.1, 0.15) is 20.3 Å². The first kappa shape index (κ1) is 15.6. The summed E-state index contributed by atoms with van der Waals surface area (Å²) in [6.07, 6.45) is 2.29. The SMILES string of the molecule is CCCN(CC)CCNc1ncnc(Cl)c1[N+](=O)[O-]. The summed E-state index contributed by atoms with van der Waals surface area (Å²) in [6, 6.07) is 0. The van der Waals surface area contributed by atoms with Gasteiger partial charge in [0.25, 0.3) is 0 Å². The Bertz CT molecular complexity index is 430. The third-order valence-corrected chi connectivity index (χ3v) is 2.94. The molecule has 1 aromatic heterocycles. The average Bonchev–Trinajstić information content (AvgIpc) is 2.37. The van der Waals surface area contributed by atoms with E-state index in [-0.39, 0.29) is 16.7 Å². The maximum absolute atomic E-state index is 10.9. The number of nitrogens with zero attached hydrogens (tertiary/aromatic N) is 4. The van der Waals surface area contributed by atoms with Crippen molar-refractivity contribution < 1.29 is 4.92 Å². The maximum Gasteiger partial charge on any atom is 0.348 e. The second kappa shape index (κ2) is 7.85. The van der Waals surface area contributed by atoms with Gasteiger partial charge in [-0.25, -0.2) is 9.97 Å². The molecular formula is C11H18ClN5O2. The number of halogens is 1. The molecule has 0 aromatic carbocycles. The lowest BCUT2D eigenvalue weighted by molar-refractivity contribution is -0.384. The molecule has 1 aromatic rings. The van der Waals surface area contributed by atoms with Crippen LogP contribution in [-0.2, 0) is 0 Å². The van der Waals surface area contributed by atoms with Gasteiger partial charge in [-0.3, -0.25) is 10.1 Å². The number of rotatable bonds is 8. The number of hydrogen-bond acceptors (Lipinski definition) is 6. The molecule has 0 unspecified atom stereocenters. The van der Waals surface area contributed by atoms with Crippen LogP contribution in [0.15, 0.2) is 6.33 Å². The molecule has 0 saturated carbocycles. The Morgan fingerprint density at radius 3 is 2.74 bits per heavy atom. The van der Waals surface area contributed by atoms with E-state index < -0.39 is 4.92 Å². The zero-order valence-corrected chi connectivity index (χ0v) is 11.9. The minimum Gasteiger partial charge on any atom is -0.363 e. The molecule has 1 N–H and O–H groups in total. The van der Waals surface area contributed by atoms with Gasteiger partial charge < -0.3 is 10.2 Å². The minimum atomic E-state index is -0.575. The van der Waals surface area contributed by atoms with Crippen molar-refractivity contribution in [1.82, 2.24) is 14.9 Å². The molecule has 8 heteroatoms. The van der Waals surface area contributed by atoms with Gasteiger partial charge >= 0.3 is 5.69 Å². The van der Waals surface area contributed by atoms with Crippen molar-refractivity contribution in [2.45, 2.75) is 20.3 Å². The Labute approximate surface area is 117 Å². The van der Waals surface area contributed by atoms with Gasteiger partial charge in [0, 0.05) is 13.1 Å². The Kier molecular flexibility index (Phi) is 6.44. The molecule has 0 saturated heterocycles. The van der Waals surface area contributed by atoms with E-state index in [0.29, 0.717) is 6.54 Å². The summed E-state index contributed by atoms with van der Waals surface area (Å²) >= 11 is 5.70. The van der Waals surface area contributed by atoms with E-state index in [0.717, 1.165) is 26.1 Å². The van der Waals surface area contributed by atoms with Crippen LogP contribution in [0, 0.1) is 10.1 Å². The number of hydrogen-bond donors (Lipinski definition) is 1. The lowest BCUT2D eigenvalue weighted by atomic mass is 10.4. The molecule has 7 nitrogen and oxygen atoms in total. The molecule has 0 bridgehead atoms. The highest BCUT2D eigenvalue weighted by atomic mass is 35.5. The smallest absolute Gasteiger partial charge is 0.348 e. The van der Waals surface area contributed by atoms with Crippen LogP contribution in [0.2, 0.25) is 5.15 Å². The van der Waals surface area contributed by atoms with Crippen LogP contribution in [0.25, 0.3) is 0 Å². The topological polar surface area (TPSA) is 84.2 Å². The number of likely N-dealkylation sites (N-methyl/N-ethyl adjacent to an activating group) is 1. The van der Waals surface area contributed by atoms with Gasteiger partial charge in [0.1, 0.15) is 6.33 Å². The van der Waals surface area contributed by atoms with E-state index in [1.165, 1.54) is 6.33 Å². The van der Waals surface area contributed by atoms with E-state index >= 15 is 0 Å². The van der Waals surface area contributed by atoms with Gasteiger partial charge in [0.05, 0.1) is 4.92 Å². The van der Waals surface area contributed by atoms with Gasteiger partial charge in [-0.1, -0.05) is 25.4 Å². The zero-order chi connectivity index (χ0) is 14.3. The second-order valence-corrected chi connectivity index (χ2v) is 4.34. The van der Waals surface area contributed by atoms with E-state index in [1.807, 2.05) is 0 Å². The predicted molar refractivity (Wildman–Crippen MR) is 74.6 cm³/mol. The molecule has 0 atom stereocenters. The molecule has 0 amide bonds. The van der Waals surface area contributed by atoms with Crippen molar-refractivity contribution in [2.24, 2.45) is 0 Å². The number of nitro groups is 1. The third kappa shape index (κ3) is 4.60. The summed E-state index contributed by atoms with van der Waals surface area (Å²) in [5.41, 5.74) is -0.275. The molecule has 0 fully saturated rings. The lowest BCUT2D eigenvalue weighted by Crippen LogP contribution is -2.29. The molecule has 0 aliphatic heterocycles. The summed E-state index contributed by atoms with van der Waals surface area (Å²) in [4.78, 5) is 20.0. The Hall–Kier alpha value is -1.47. The van der Waals surface area contributed by atoms with Crippen molar-refractivity contribution in [1.29, 1.82) is 0 Å². The first-order chi connectivity index (χ1) is 9.10. The molecule has 1 rings (SSSR count). The van der Waals surface area contributed by atoms with Crippen molar-refractivity contribution >= 4 is 23.1 Å². The Balaban J connectivity index is 2.63. The van der Waals surface area contributed by atoms with Crippen LogP contribution >= 0.6 is 11.6 Å². The zero-order valence-electron chi connectivity index (χ0n) is 11.1. The molecule has 0 radical (unpaired) electrons. The van der Waals surface area contributed by atoms with Gasteiger partial charge in [-0.15, -0.1) is 0 Å². The first-order valence-corrected chi connectivity index (χ1v) is 6.59. The van der Waals surface area contributed by atoms with Crippen molar-refractivity contribution in [3.63, 3.8) is 0 Å². The van der Waals surface area contributed by atoms with Crippen LogP contribution in [0.5, 0.6) is 0 Å². The van der Waals surface area contributed by atoms with E-state index in [1.54, 1.807) is 0 Å². The van der Waals surface area contributed by atoms with Crippen molar-refractivity contribution in [2.75, 3.05) is 31.5 Å². The molecule has 1 heterocycles. The Morgan fingerprint density at radius 2 is 2.16 bits per heavy atom. The molecule has 106 valence electrons. The normalized spacial score (nSPS) is 10.7. The van der Waals surface area contributed by atoms with Crippen LogP contribution in [0.3, 0.4) is 0 Å². The van der Waals surface area contributed by atoms with E-state index in [2.05, 4.69) is 34.0 Å². The summed E-state index contributed by atoms with van der Waals surface area (Å²) in [5, 5.41) is 13.7. The average molecular weight is 288 g/mol. The number of aromatic nitrogens is 2. The van der Waals surface area contributed by atoms with Crippen LogP contribution in [0.4, 0.5) is 11.5 Å². The fraction of sp³-hybridized carbons (Fsp3) is 0.636. The van der Waals surface area contributed by atoms with Crippen LogP contribution in [-0.4, -0.2) is 46.0 Å². The van der Waals surface area contributed by atoms with Gasteiger partial charge in [0.2, 0.25) is 11.0 Å². The maximum atomic E-state index is 10.9. The summed E-state index contributed by atoms with van der Waals surface area (Å²) in [6.45, 7) is 7.52. The molecule has 19 heavy (non-hydrogen) atoms. The van der Waals surface area contributed by atoms with Gasteiger partial charge in [-0.2, -0.15) is 0 Å². The minimum absolute atomic E-state index is 0.150. The summed E-state index contributed by atoms with van der Waals surface area (Å²) in [5.74, 6) is 0.164. The quantitative estimate of drug-likeness (QED) is 0.448. The Morgan fingerprint density at radius 1 is 1.42 bits per heavy atom. The highest BCUT2D eigenvalue weighted by Gasteiger charge is 2.21. The molecule has 0 aliphatic carbocycles. The summed E-state index contributed by atoms with van der Waals surface area (Å²) < 4.78 is 0. The molecular weight excluding hydrogens is 270 g/mol. The standard InChI is InChI=1S/C11H18ClN5O2/c1-3-6-16(4-2)7-5-13-11-9(17(18)19)10(12)14-8-15-11/h8H,3-7H2,1-2H3,(H,13,14,15). The number of anilines is 1. The van der Waals surface area contributed by atoms with Crippen molar-refractivity contribution in [3.05, 3.63) is 21.6 Å². The fourth-order valence-electron chi connectivity index (χ4n) is 1.73. The fourth-order valence-corrected chi connectivity index (χ4v) is 1.93. The summed E-state index contributed by atoms with van der Waals surface area (Å²) in [7, 11) is 0. The highest BCUT2D eigenvalue weighted by molar-refractivity contribution is 6.31. The van der Waals surface area contributed by atoms with Crippen molar-refractivity contribution in [3.8, 4) is 0 Å². The van der Waals surface area contributed by atoms with Crippen LogP contribution < -0.4 is 5.32 Å². The van der Waals surface area contributed by atoms with E-state index in [4.69, 9.17) is 11.6 Å². The lowest BCUT2D eigenvalue weighted by Gasteiger charge is -2.19. The predicted octanol–water partition coefficient (Wildman–Crippen LogP) is 2.18.